The van der Waals surface area contributed by atoms with Crippen molar-refractivity contribution in [2.24, 2.45) is 4.99 Å². The number of unbranched alkanes of at least 4 members (excludes halogenated alkanes) is 1. The molecule has 0 aromatic carbocycles. The van der Waals surface area contributed by atoms with Crippen molar-refractivity contribution in [1.29, 1.82) is 0 Å². The molecule has 2 N–H and O–H groups in total. The van der Waals surface area contributed by atoms with Gasteiger partial charge in [0.05, 0.1) is 6.10 Å². The Morgan fingerprint density at radius 2 is 1.89 bits per heavy atom. The second kappa shape index (κ2) is 12.5. The fourth-order valence-electron chi connectivity index (χ4n) is 3.49. The number of pyridine rings is 1. The lowest BCUT2D eigenvalue weighted by Crippen LogP contribution is -2.38. The van der Waals surface area contributed by atoms with Crippen molar-refractivity contribution in [3.05, 3.63) is 34.2 Å². The molecule has 0 bridgehead atoms. The highest BCUT2D eigenvalue weighted by molar-refractivity contribution is 5.79. The van der Waals surface area contributed by atoms with Crippen LogP contribution in [0.3, 0.4) is 0 Å². The van der Waals surface area contributed by atoms with Gasteiger partial charge < -0.3 is 19.9 Å². The molecule has 0 radical (unpaired) electrons. The van der Waals surface area contributed by atoms with E-state index in [1.165, 1.54) is 32.1 Å². The van der Waals surface area contributed by atoms with Gasteiger partial charge in [-0.25, -0.2) is 0 Å². The maximum absolute atomic E-state index is 11.8. The lowest BCUT2D eigenvalue weighted by Gasteiger charge is -2.22. The molecule has 27 heavy (non-hydrogen) atoms. The van der Waals surface area contributed by atoms with Crippen LogP contribution >= 0.6 is 0 Å². The molecule has 1 aliphatic carbocycles. The minimum Gasteiger partial charge on any atom is -0.378 e. The molecular formula is C21H36N4O2. The van der Waals surface area contributed by atoms with Crippen LogP contribution in [-0.2, 0) is 11.3 Å². The third kappa shape index (κ3) is 8.16. The predicted octanol–water partition coefficient (Wildman–Crippen LogP) is 2.84. The fourth-order valence-corrected chi connectivity index (χ4v) is 3.49. The molecule has 0 amide bonds. The Morgan fingerprint density at radius 1 is 1.15 bits per heavy atom. The van der Waals surface area contributed by atoms with E-state index in [1.54, 1.807) is 13.1 Å². The molecule has 0 atom stereocenters. The van der Waals surface area contributed by atoms with Crippen LogP contribution in [0.2, 0.25) is 0 Å². The van der Waals surface area contributed by atoms with Crippen molar-refractivity contribution in [2.75, 3.05) is 26.7 Å². The zero-order valence-corrected chi connectivity index (χ0v) is 17.0. The van der Waals surface area contributed by atoms with Gasteiger partial charge in [-0.05, 0) is 45.1 Å². The van der Waals surface area contributed by atoms with E-state index in [9.17, 15) is 4.79 Å². The summed E-state index contributed by atoms with van der Waals surface area (Å²) in [7, 11) is 1.79. The molecule has 152 valence electrons. The maximum Gasteiger partial charge on any atom is 0.250 e. The van der Waals surface area contributed by atoms with E-state index < -0.39 is 0 Å². The van der Waals surface area contributed by atoms with E-state index in [-0.39, 0.29) is 5.56 Å². The van der Waals surface area contributed by atoms with E-state index in [4.69, 9.17) is 4.74 Å². The summed E-state index contributed by atoms with van der Waals surface area (Å²) >= 11 is 0. The molecule has 0 spiro atoms. The standard InChI is InChI=1S/C21H36N4O2/c1-18-10-8-13-20(26)25(18)16-7-6-14-23-21(22-2)24-15-9-17-27-19-11-4-3-5-12-19/h8,10,13,19H,3-7,9,11-12,14-17H2,1-2H3,(H2,22,23,24). The summed E-state index contributed by atoms with van der Waals surface area (Å²) in [6.45, 7) is 5.27. The Balaban J connectivity index is 1.51. The molecular weight excluding hydrogens is 340 g/mol. The van der Waals surface area contributed by atoms with Crippen molar-refractivity contribution < 1.29 is 4.74 Å². The van der Waals surface area contributed by atoms with E-state index in [0.29, 0.717) is 6.10 Å². The summed E-state index contributed by atoms with van der Waals surface area (Å²) in [5.74, 6) is 0.834. The molecule has 1 heterocycles. The summed E-state index contributed by atoms with van der Waals surface area (Å²) in [6.07, 6.45) is 9.89. The van der Waals surface area contributed by atoms with Crippen molar-refractivity contribution >= 4 is 5.96 Å². The average molecular weight is 377 g/mol. The van der Waals surface area contributed by atoms with Gasteiger partial charge in [0.15, 0.2) is 5.96 Å². The molecule has 1 aromatic rings. The van der Waals surface area contributed by atoms with Crippen LogP contribution in [0.5, 0.6) is 0 Å². The van der Waals surface area contributed by atoms with Gasteiger partial charge in [-0.1, -0.05) is 25.3 Å². The largest absolute Gasteiger partial charge is 0.378 e. The smallest absolute Gasteiger partial charge is 0.250 e. The Labute approximate surface area is 163 Å². The van der Waals surface area contributed by atoms with Crippen LogP contribution in [0.25, 0.3) is 0 Å². The molecule has 0 saturated heterocycles. The zero-order chi connectivity index (χ0) is 19.3. The average Bonchev–Trinajstić information content (AvgIpc) is 2.68. The summed E-state index contributed by atoms with van der Waals surface area (Å²) in [4.78, 5) is 16.1. The minimum atomic E-state index is 0.0795. The second-order valence-corrected chi connectivity index (χ2v) is 7.27. The van der Waals surface area contributed by atoms with Gasteiger partial charge in [0.1, 0.15) is 0 Å². The Kier molecular flexibility index (Phi) is 9.98. The summed E-state index contributed by atoms with van der Waals surface area (Å²) < 4.78 is 7.78. The van der Waals surface area contributed by atoms with Crippen molar-refractivity contribution in [2.45, 2.75) is 70.9 Å². The number of hydrogen-bond acceptors (Lipinski definition) is 3. The highest BCUT2D eigenvalue weighted by Gasteiger charge is 2.12. The van der Waals surface area contributed by atoms with E-state index in [2.05, 4.69) is 15.6 Å². The molecule has 0 unspecified atom stereocenters. The van der Waals surface area contributed by atoms with Gasteiger partial charge in [0.2, 0.25) is 0 Å². The number of aromatic nitrogens is 1. The van der Waals surface area contributed by atoms with Gasteiger partial charge >= 0.3 is 0 Å². The number of rotatable bonds is 10. The van der Waals surface area contributed by atoms with E-state index in [0.717, 1.165) is 57.2 Å². The molecule has 1 fully saturated rings. The van der Waals surface area contributed by atoms with Crippen LogP contribution in [-0.4, -0.2) is 43.4 Å². The second-order valence-electron chi connectivity index (χ2n) is 7.27. The third-order valence-electron chi connectivity index (χ3n) is 5.11. The number of ether oxygens (including phenoxy) is 1. The SMILES string of the molecule is CN=C(NCCCCn1c(C)cccc1=O)NCCCOC1CCCCC1. The number of hydrogen-bond donors (Lipinski definition) is 2. The number of aliphatic imine (C=N–C) groups is 1. The van der Waals surface area contributed by atoms with Crippen molar-refractivity contribution in [3.8, 4) is 0 Å². The Hall–Kier alpha value is -1.82. The lowest BCUT2D eigenvalue weighted by molar-refractivity contribution is 0.0277. The van der Waals surface area contributed by atoms with Crippen LogP contribution in [0, 0.1) is 6.92 Å². The van der Waals surface area contributed by atoms with E-state index >= 15 is 0 Å². The van der Waals surface area contributed by atoms with Crippen LogP contribution in [0.1, 0.15) is 57.1 Å². The van der Waals surface area contributed by atoms with Crippen molar-refractivity contribution in [1.82, 2.24) is 15.2 Å². The maximum atomic E-state index is 11.8. The first-order valence-corrected chi connectivity index (χ1v) is 10.4. The van der Waals surface area contributed by atoms with Crippen LogP contribution < -0.4 is 16.2 Å². The fraction of sp³-hybridized carbons (Fsp3) is 0.714. The van der Waals surface area contributed by atoms with E-state index in [1.807, 2.05) is 23.6 Å². The molecule has 6 nitrogen and oxygen atoms in total. The lowest BCUT2D eigenvalue weighted by atomic mass is 9.98. The van der Waals surface area contributed by atoms with Gasteiger partial charge in [-0.15, -0.1) is 0 Å². The number of nitrogens with one attached hydrogen (secondary N) is 2. The third-order valence-corrected chi connectivity index (χ3v) is 5.11. The first-order chi connectivity index (χ1) is 13.2. The topological polar surface area (TPSA) is 67.7 Å². The van der Waals surface area contributed by atoms with Crippen LogP contribution in [0.15, 0.2) is 28.0 Å². The predicted molar refractivity (Wildman–Crippen MR) is 111 cm³/mol. The highest BCUT2D eigenvalue weighted by atomic mass is 16.5. The summed E-state index contributed by atoms with van der Waals surface area (Å²) in [5.41, 5.74) is 1.10. The quantitative estimate of drug-likeness (QED) is 0.374. The minimum absolute atomic E-state index is 0.0795. The van der Waals surface area contributed by atoms with Gasteiger partial charge in [0.25, 0.3) is 5.56 Å². The highest BCUT2D eigenvalue weighted by Crippen LogP contribution is 2.20. The monoisotopic (exact) mass is 376 g/mol. The zero-order valence-electron chi connectivity index (χ0n) is 17.0. The Morgan fingerprint density at radius 3 is 2.59 bits per heavy atom. The summed E-state index contributed by atoms with van der Waals surface area (Å²) in [6, 6.07) is 5.41. The molecule has 1 aliphatic rings. The van der Waals surface area contributed by atoms with Gasteiger partial charge in [-0.2, -0.15) is 0 Å². The molecule has 1 saturated carbocycles. The summed E-state index contributed by atoms with van der Waals surface area (Å²) in [5, 5.41) is 6.67. The number of aryl methyl sites for hydroxylation is 1. The molecule has 2 rings (SSSR count). The first-order valence-electron chi connectivity index (χ1n) is 10.4. The molecule has 6 heteroatoms. The normalized spacial score (nSPS) is 15.7. The number of guanidine groups is 1. The van der Waals surface area contributed by atoms with Crippen LogP contribution in [0.4, 0.5) is 0 Å². The first kappa shape index (κ1) is 21.5. The Bertz CT molecular complexity index is 621. The van der Waals surface area contributed by atoms with Gasteiger partial charge in [-0.3, -0.25) is 9.79 Å². The molecule has 0 aliphatic heterocycles. The number of nitrogens with zero attached hydrogens (tertiary/aromatic N) is 2. The molecule has 1 aromatic heterocycles. The van der Waals surface area contributed by atoms with Crippen molar-refractivity contribution in [3.63, 3.8) is 0 Å². The van der Waals surface area contributed by atoms with Gasteiger partial charge in [0, 0.05) is 45.0 Å².